The van der Waals surface area contributed by atoms with Gasteiger partial charge >= 0.3 is 0 Å². The lowest BCUT2D eigenvalue weighted by atomic mass is 10.1. The summed E-state index contributed by atoms with van der Waals surface area (Å²) in [7, 11) is 1.33. The predicted octanol–water partition coefficient (Wildman–Crippen LogP) is 3.18. The zero-order valence-electron chi connectivity index (χ0n) is 10.2. The van der Waals surface area contributed by atoms with Gasteiger partial charge in [0.05, 0.1) is 13.3 Å². The van der Waals surface area contributed by atoms with Crippen LogP contribution in [0.4, 0.5) is 10.2 Å². The Morgan fingerprint density at radius 3 is 2.85 bits per heavy atom. The number of carbonyl (C=O) groups is 1. The molecule has 8 heteroatoms. The van der Waals surface area contributed by atoms with Crippen LogP contribution in [0.5, 0.6) is 5.75 Å². The third-order valence-electron chi connectivity index (χ3n) is 2.37. The summed E-state index contributed by atoms with van der Waals surface area (Å²) < 4.78 is 18.7. The van der Waals surface area contributed by atoms with Crippen molar-refractivity contribution in [2.45, 2.75) is 0 Å². The highest BCUT2D eigenvalue weighted by Crippen LogP contribution is 2.24. The minimum absolute atomic E-state index is 0.0121. The molecule has 1 heterocycles. The summed E-state index contributed by atoms with van der Waals surface area (Å²) in [5.41, 5.74) is -0.249. The van der Waals surface area contributed by atoms with E-state index in [0.717, 1.165) is 6.07 Å². The number of hydrogen-bond acceptors (Lipinski definition) is 4. The molecule has 0 bridgehead atoms. The molecule has 0 aliphatic carbocycles. The summed E-state index contributed by atoms with van der Waals surface area (Å²) >= 11 is 11.4. The third-order valence-corrected chi connectivity index (χ3v) is 2.83. The fourth-order valence-corrected chi connectivity index (χ4v) is 1.77. The van der Waals surface area contributed by atoms with Crippen LogP contribution in [0.25, 0.3) is 0 Å². The minimum Gasteiger partial charge on any atom is -0.496 e. The first-order chi connectivity index (χ1) is 9.52. The second kappa shape index (κ2) is 6.02. The first kappa shape index (κ1) is 14.5. The Balaban J connectivity index is 2.36. The van der Waals surface area contributed by atoms with Crippen molar-refractivity contribution in [1.29, 1.82) is 0 Å². The minimum atomic E-state index is -0.753. The Kier molecular flexibility index (Phi) is 4.36. The molecule has 0 saturated heterocycles. The summed E-state index contributed by atoms with van der Waals surface area (Å²) in [6, 6.07) is 4.04. The van der Waals surface area contributed by atoms with Gasteiger partial charge in [0, 0.05) is 0 Å². The van der Waals surface area contributed by atoms with Gasteiger partial charge in [-0.2, -0.15) is 4.98 Å². The fourth-order valence-electron chi connectivity index (χ4n) is 1.50. The number of nitrogens with zero attached hydrogens (tertiary/aromatic N) is 2. The molecule has 2 rings (SSSR count). The van der Waals surface area contributed by atoms with Crippen molar-refractivity contribution in [3.63, 3.8) is 0 Å². The molecule has 1 N–H and O–H groups in total. The Morgan fingerprint density at radius 2 is 2.15 bits per heavy atom. The van der Waals surface area contributed by atoms with Crippen molar-refractivity contribution in [3.8, 4) is 5.75 Å². The van der Waals surface area contributed by atoms with Gasteiger partial charge in [-0.25, -0.2) is 9.37 Å². The first-order valence-corrected chi connectivity index (χ1v) is 6.10. The monoisotopic (exact) mass is 315 g/mol. The lowest BCUT2D eigenvalue weighted by Crippen LogP contribution is -2.16. The lowest BCUT2D eigenvalue weighted by Gasteiger charge is -2.10. The van der Waals surface area contributed by atoms with Gasteiger partial charge in [0.1, 0.15) is 22.2 Å². The molecule has 0 spiro atoms. The van der Waals surface area contributed by atoms with Gasteiger partial charge in [-0.3, -0.25) is 4.79 Å². The predicted molar refractivity (Wildman–Crippen MR) is 73.0 cm³/mol. The SMILES string of the molecule is COc1cccc(F)c1C(=O)Nc1nc(Cl)ncc1Cl. The summed E-state index contributed by atoms with van der Waals surface area (Å²) in [5.74, 6) is -1.39. The van der Waals surface area contributed by atoms with Crippen molar-refractivity contribution in [2.75, 3.05) is 12.4 Å². The highest BCUT2D eigenvalue weighted by molar-refractivity contribution is 6.34. The molecule has 2 aromatic rings. The van der Waals surface area contributed by atoms with Gasteiger partial charge in [0.15, 0.2) is 5.82 Å². The normalized spacial score (nSPS) is 10.2. The van der Waals surface area contributed by atoms with Crippen molar-refractivity contribution < 1.29 is 13.9 Å². The quantitative estimate of drug-likeness (QED) is 0.883. The molecule has 0 radical (unpaired) electrons. The van der Waals surface area contributed by atoms with Crippen molar-refractivity contribution in [3.05, 3.63) is 46.1 Å². The van der Waals surface area contributed by atoms with E-state index < -0.39 is 11.7 Å². The molecular formula is C12H8Cl2FN3O2. The van der Waals surface area contributed by atoms with Gasteiger partial charge in [0.25, 0.3) is 5.91 Å². The highest BCUT2D eigenvalue weighted by atomic mass is 35.5. The number of aromatic nitrogens is 2. The molecule has 0 unspecified atom stereocenters. The van der Waals surface area contributed by atoms with Crippen molar-refractivity contribution >= 4 is 34.9 Å². The number of benzene rings is 1. The third kappa shape index (κ3) is 2.97. The van der Waals surface area contributed by atoms with Gasteiger partial charge in [-0.1, -0.05) is 17.7 Å². The molecule has 1 aromatic carbocycles. The van der Waals surface area contributed by atoms with Gasteiger partial charge < -0.3 is 10.1 Å². The second-order valence-electron chi connectivity index (χ2n) is 3.61. The highest BCUT2D eigenvalue weighted by Gasteiger charge is 2.19. The van der Waals surface area contributed by atoms with E-state index in [-0.39, 0.29) is 27.4 Å². The number of methoxy groups -OCH3 is 1. The number of amides is 1. The molecule has 0 fully saturated rings. The van der Waals surface area contributed by atoms with E-state index in [1.807, 2.05) is 0 Å². The number of carbonyl (C=O) groups excluding carboxylic acids is 1. The van der Waals surface area contributed by atoms with Crippen molar-refractivity contribution in [2.24, 2.45) is 0 Å². The Morgan fingerprint density at radius 1 is 1.40 bits per heavy atom. The molecule has 0 aliphatic heterocycles. The molecule has 0 aliphatic rings. The summed E-state index contributed by atoms with van der Waals surface area (Å²) in [4.78, 5) is 19.5. The molecule has 1 amide bonds. The smallest absolute Gasteiger partial charge is 0.263 e. The van der Waals surface area contributed by atoms with Gasteiger partial charge in [0.2, 0.25) is 5.28 Å². The van der Waals surface area contributed by atoms with Crippen molar-refractivity contribution in [1.82, 2.24) is 9.97 Å². The van der Waals surface area contributed by atoms with Crippen LogP contribution in [0.2, 0.25) is 10.3 Å². The molecule has 0 saturated carbocycles. The Hall–Kier alpha value is -1.92. The van der Waals surface area contributed by atoms with E-state index in [4.69, 9.17) is 27.9 Å². The largest absolute Gasteiger partial charge is 0.496 e. The number of hydrogen-bond donors (Lipinski definition) is 1. The average Bonchev–Trinajstić information content (AvgIpc) is 2.42. The number of rotatable bonds is 3. The van der Waals surface area contributed by atoms with Crippen LogP contribution < -0.4 is 10.1 Å². The summed E-state index contributed by atoms with van der Waals surface area (Å²) in [5, 5.41) is 2.35. The summed E-state index contributed by atoms with van der Waals surface area (Å²) in [6.07, 6.45) is 1.23. The van der Waals surface area contributed by atoms with Crippen LogP contribution in [0.3, 0.4) is 0 Å². The molecule has 104 valence electrons. The van der Waals surface area contributed by atoms with E-state index in [9.17, 15) is 9.18 Å². The van der Waals surface area contributed by atoms with Crippen LogP contribution in [-0.4, -0.2) is 23.0 Å². The van der Waals surface area contributed by atoms with E-state index in [2.05, 4.69) is 15.3 Å². The van der Waals surface area contributed by atoms with Crippen LogP contribution in [0, 0.1) is 5.82 Å². The average molecular weight is 316 g/mol. The number of halogens is 3. The van der Waals surface area contributed by atoms with Crippen LogP contribution in [0.1, 0.15) is 10.4 Å². The second-order valence-corrected chi connectivity index (χ2v) is 4.35. The number of nitrogens with one attached hydrogen (secondary N) is 1. The zero-order chi connectivity index (χ0) is 14.7. The van der Waals surface area contributed by atoms with Crippen LogP contribution >= 0.6 is 23.2 Å². The maximum atomic E-state index is 13.7. The van der Waals surface area contributed by atoms with Crippen LogP contribution in [-0.2, 0) is 0 Å². The zero-order valence-corrected chi connectivity index (χ0v) is 11.7. The Labute approximate surface area is 123 Å². The molecule has 0 atom stereocenters. The maximum Gasteiger partial charge on any atom is 0.263 e. The van der Waals surface area contributed by atoms with Crippen LogP contribution in [0.15, 0.2) is 24.4 Å². The van der Waals surface area contributed by atoms with Gasteiger partial charge in [-0.05, 0) is 23.7 Å². The van der Waals surface area contributed by atoms with Gasteiger partial charge in [-0.15, -0.1) is 0 Å². The standard InChI is InChI=1S/C12H8Cl2FN3O2/c1-20-8-4-2-3-7(15)9(8)11(19)17-10-6(13)5-16-12(14)18-10/h2-5H,1H3,(H,16,17,18,19). The Bertz CT molecular complexity index is 667. The molecule has 1 aromatic heterocycles. The topological polar surface area (TPSA) is 64.1 Å². The molecule has 5 nitrogen and oxygen atoms in total. The van der Waals surface area contributed by atoms with E-state index >= 15 is 0 Å². The van der Waals surface area contributed by atoms with E-state index in [1.165, 1.54) is 25.4 Å². The first-order valence-electron chi connectivity index (χ1n) is 5.35. The number of ether oxygens (including phenoxy) is 1. The fraction of sp³-hybridized carbons (Fsp3) is 0.0833. The maximum absolute atomic E-state index is 13.7. The van der Waals surface area contributed by atoms with E-state index in [0.29, 0.717) is 0 Å². The molecular weight excluding hydrogens is 308 g/mol. The molecule has 20 heavy (non-hydrogen) atoms. The van der Waals surface area contributed by atoms with E-state index in [1.54, 1.807) is 0 Å². The number of anilines is 1. The summed E-state index contributed by atoms with van der Waals surface area (Å²) in [6.45, 7) is 0. The lowest BCUT2D eigenvalue weighted by molar-refractivity contribution is 0.101.